The van der Waals surface area contributed by atoms with Crippen LogP contribution >= 0.6 is 0 Å². The second kappa shape index (κ2) is 4.93. The summed E-state index contributed by atoms with van der Waals surface area (Å²) in [5, 5.41) is 8.44. The first kappa shape index (κ1) is 14.0. The van der Waals surface area contributed by atoms with Gasteiger partial charge >= 0.3 is 0 Å². The molecule has 1 amide bonds. The Morgan fingerprint density at radius 3 is 2.74 bits per heavy atom. The molecular weight excluding hydrogens is 268 g/mol. The zero-order valence-corrected chi connectivity index (χ0v) is 11.8. The second-order valence-corrected chi connectivity index (χ2v) is 7.03. The first-order chi connectivity index (χ1) is 8.79. The first-order valence-electron chi connectivity index (χ1n) is 6.13. The van der Waals surface area contributed by atoms with E-state index in [1.165, 1.54) is 4.90 Å². The van der Waals surface area contributed by atoms with Crippen LogP contribution in [0.1, 0.15) is 20.3 Å². The Hall–Kier alpha value is -1.41. The van der Waals surface area contributed by atoms with Crippen LogP contribution < -0.4 is 10.0 Å². The number of sulfonamides is 1. The molecule has 1 unspecified atom stereocenters. The molecule has 2 N–H and O–H groups in total. The lowest BCUT2D eigenvalue weighted by molar-refractivity contribution is -0.117. The van der Waals surface area contributed by atoms with E-state index in [2.05, 4.69) is 5.10 Å². The number of anilines is 1. The Labute approximate surface area is 112 Å². The zero-order chi connectivity index (χ0) is 14.2. The predicted molar refractivity (Wildman–Crippen MR) is 70.9 cm³/mol. The predicted octanol–water partition coefficient (Wildman–Crippen LogP) is -0.0671. The van der Waals surface area contributed by atoms with Crippen molar-refractivity contribution in [2.24, 2.45) is 11.1 Å². The van der Waals surface area contributed by atoms with Crippen molar-refractivity contribution in [2.75, 3.05) is 11.4 Å². The van der Waals surface area contributed by atoms with Gasteiger partial charge in [0.05, 0.1) is 6.20 Å². The number of aromatic nitrogens is 2. The minimum Gasteiger partial charge on any atom is -0.296 e. The second-order valence-electron chi connectivity index (χ2n) is 5.18. The van der Waals surface area contributed by atoms with Crippen molar-refractivity contribution >= 4 is 21.7 Å². The molecule has 7 nitrogen and oxygen atoms in total. The number of primary sulfonamides is 1. The van der Waals surface area contributed by atoms with E-state index >= 15 is 0 Å². The third-order valence-electron chi connectivity index (χ3n) is 3.06. The smallest absolute Gasteiger partial charge is 0.229 e. The number of nitrogens with zero attached hydrogens (tertiary/aromatic N) is 3. The minimum absolute atomic E-state index is 0.0638. The fourth-order valence-corrected chi connectivity index (χ4v) is 2.89. The molecule has 1 fully saturated rings. The molecule has 0 aliphatic carbocycles. The van der Waals surface area contributed by atoms with Gasteiger partial charge in [0.2, 0.25) is 15.9 Å². The molecule has 0 aromatic carbocycles. The molecule has 2 heterocycles. The molecule has 2 rings (SSSR count). The zero-order valence-electron chi connectivity index (χ0n) is 11.0. The number of carbonyl (C=O) groups is 1. The van der Waals surface area contributed by atoms with Gasteiger partial charge in [0.25, 0.3) is 0 Å². The summed E-state index contributed by atoms with van der Waals surface area (Å²) >= 11 is 0. The Morgan fingerprint density at radius 1 is 1.53 bits per heavy atom. The lowest BCUT2D eigenvalue weighted by Crippen LogP contribution is -2.33. The SMILES string of the molecule is CC(C)Cn1nccc1N1CC(S(N)(=O)=O)CC1=O. The number of nitrogens with two attached hydrogens (primary N) is 1. The Kier molecular flexibility index (Phi) is 3.64. The third kappa shape index (κ3) is 2.95. The van der Waals surface area contributed by atoms with E-state index in [0.717, 1.165) is 0 Å². The fourth-order valence-electron chi connectivity index (χ4n) is 2.16. The summed E-state index contributed by atoms with van der Waals surface area (Å²) in [5.41, 5.74) is 0. The van der Waals surface area contributed by atoms with E-state index in [1.807, 2.05) is 13.8 Å². The molecule has 1 aliphatic rings. The van der Waals surface area contributed by atoms with Crippen molar-refractivity contribution in [3.63, 3.8) is 0 Å². The van der Waals surface area contributed by atoms with E-state index in [0.29, 0.717) is 18.3 Å². The molecule has 1 aromatic rings. The summed E-state index contributed by atoms with van der Waals surface area (Å²) in [6.45, 7) is 4.86. The molecule has 1 aliphatic heterocycles. The van der Waals surface area contributed by atoms with Gasteiger partial charge in [-0.05, 0) is 5.92 Å². The topological polar surface area (TPSA) is 98.3 Å². The molecule has 0 saturated carbocycles. The molecule has 106 valence electrons. The van der Waals surface area contributed by atoms with Gasteiger partial charge in [-0.15, -0.1) is 0 Å². The summed E-state index contributed by atoms with van der Waals surface area (Å²) in [6.07, 6.45) is 1.54. The molecule has 8 heteroatoms. The molecule has 1 saturated heterocycles. The normalized spacial score (nSPS) is 20.5. The number of rotatable bonds is 4. The largest absolute Gasteiger partial charge is 0.296 e. The Morgan fingerprint density at radius 2 is 2.21 bits per heavy atom. The van der Waals surface area contributed by atoms with Gasteiger partial charge in [-0.2, -0.15) is 5.10 Å². The molecule has 19 heavy (non-hydrogen) atoms. The van der Waals surface area contributed by atoms with Crippen molar-refractivity contribution in [3.05, 3.63) is 12.3 Å². The molecule has 1 aromatic heterocycles. The Balaban J connectivity index is 2.24. The lowest BCUT2D eigenvalue weighted by atomic mass is 10.2. The highest BCUT2D eigenvalue weighted by Crippen LogP contribution is 2.24. The standard InChI is InChI=1S/C11H18N4O3S/c1-8(2)6-15-10(3-4-13-15)14-7-9(5-11(14)16)19(12,17)18/h3-4,8-9H,5-7H2,1-2H3,(H2,12,17,18). The minimum atomic E-state index is -3.69. The van der Waals surface area contributed by atoms with E-state index in [1.54, 1.807) is 16.9 Å². The molecule has 0 radical (unpaired) electrons. The van der Waals surface area contributed by atoms with Gasteiger partial charge in [-0.25, -0.2) is 18.2 Å². The van der Waals surface area contributed by atoms with Crippen molar-refractivity contribution < 1.29 is 13.2 Å². The highest BCUT2D eigenvalue weighted by molar-refractivity contribution is 7.89. The van der Waals surface area contributed by atoms with Crippen LogP contribution in [0.15, 0.2) is 12.3 Å². The summed E-state index contributed by atoms with van der Waals surface area (Å²) in [5.74, 6) is 0.778. The van der Waals surface area contributed by atoms with Crippen LogP contribution in [0.5, 0.6) is 0 Å². The van der Waals surface area contributed by atoms with E-state index < -0.39 is 15.3 Å². The highest BCUT2D eigenvalue weighted by atomic mass is 32.2. The summed E-state index contributed by atoms with van der Waals surface area (Å²) in [6, 6.07) is 1.71. The maximum absolute atomic E-state index is 11.9. The lowest BCUT2D eigenvalue weighted by Gasteiger charge is -2.18. The Bertz CT molecular complexity index is 579. The van der Waals surface area contributed by atoms with Crippen LogP contribution in [-0.2, 0) is 21.4 Å². The number of amides is 1. The summed E-state index contributed by atoms with van der Waals surface area (Å²) in [4.78, 5) is 13.4. The number of carbonyl (C=O) groups excluding carboxylic acids is 1. The van der Waals surface area contributed by atoms with Gasteiger partial charge in [0.15, 0.2) is 0 Å². The van der Waals surface area contributed by atoms with Crippen molar-refractivity contribution in [1.29, 1.82) is 0 Å². The van der Waals surface area contributed by atoms with Crippen LogP contribution in [0.25, 0.3) is 0 Å². The van der Waals surface area contributed by atoms with Gasteiger partial charge in [-0.3, -0.25) is 9.69 Å². The monoisotopic (exact) mass is 286 g/mol. The summed E-state index contributed by atoms with van der Waals surface area (Å²) in [7, 11) is -3.69. The van der Waals surface area contributed by atoms with Gasteiger partial charge < -0.3 is 0 Å². The average molecular weight is 286 g/mol. The quantitative estimate of drug-likeness (QED) is 0.837. The molecule has 0 bridgehead atoms. The van der Waals surface area contributed by atoms with Crippen molar-refractivity contribution in [1.82, 2.24) is 9.78 Å². The summed E-state index contributed by atoms with van der Waals surface area (Å²) < 4.78 is 24.4. The van der Waals surface area contributed by atoms with Gasteiger partial charge in [-0.1, -0.05) is 13.8 Å². The van der Waals surface area contributed by atoms with Crippen LogP contribution in [0.4, 0.5) is 5.82 Å². The molecular formula is C11H18N4O3S. The molecule has 0 spiro atoms. The fraction of sp³-hybridized carbons (Fsp3) is 0.636. The van der Waals surface area contributed by atoms with E-state index in [4.69, 9.17) is 5.14 Å². The maximum Gasteiger partial charge on any atom is 0.229 e. The number of hydrogen-bond acceptors (Lipinski definition) is 4. The third-order valence-corrected chi connectivity index (χ3v) is 4.31. The van der Waals surface area contributed by atoms with E-state index in [-0.39, 0.29) is 18.9 Å². The van der Waals surface area contributed by atoms with E-state index in [9.17, 15) is 13.2 Å². The van der Waals surface area contributed by atoms with Crippen LogP contribution in [-0.4, -0.2) is 35.9 Å². The van der Waals surface area contributed by atoms with Crippen LogP contribution in [0.3, 0.4) is 0 Å². The highest BCUT2D eigenvalue weighted by Gasteiger charge is 2.38. The maximum atomic E-state index is 11.9. The van der Waals surface area contributed by atoms with Gasteiger partial charge in [0.1, 0.15) is 11.1 Å². The van der Waals surface area contributed by atoms with Gasteiger partial charge in [0, 0.05) is 25.6 Å². The van der Waals surface area contributed by atoms with Crippen molar-refractivity contribution in [2.45, 2.75) is 32.1 Å². The average Bonchev–Trinajstić information content (AvgIpc) is 2.82. The first-order valence-corrected chi connectivity index (χ1v) is 7.73. The number of hydrogen-bond donors (Lipinski definition) is 1. The van der Waals surface area contributed by atoms with Crippen LogP contribution in [0.2, 0.25) is 0 Å². The van der Waals surface area contributed by atoms with Crippen molar-refractivity contribution in [3.8, 4) is 0 Å². The molecule has 1 atom stereocenters. The van der Waals surface area contributed by atoms with Crippen LogP contribution in [0, 0.1) is 5.92 Å².